The third kappa shape index (κ3) is 2.10. The fourth-order valence-electron chi connectivity index (χ4n) is 3.20. The predicted molar refractivity (Wildman–Crippen MR) is 89.8 cm³/mol. The summed E-state index contributed by atoms with van der Waals surface area (Å²) < 4.78 is 6.11. The van der Waals surface area contributed by atoms with Crippen LogP contribution in [-0.4, -0.2) is 0 Å². The van der Waals surface area contributed by atoms with Gasteiger partial charge in [-0.2, -0.15) is 0 Å². The van der Waals surface area contributed by atoms with E-state index < -0.39 is 0 Å². The van der Waals surface area contributed by atoms with Crippen molar-refractivity contribution in [2.75, 3.05) is 0 Å². The van der Waals surface area contributed by atoms with E-state index in [9.17, 15) is 0 Å². The Hall–Kier alpha value is -2.54. The number of hydrogen-bond acceptors (Lipinski definition) is 1. The molecule has 0 aromatic heterocycles. The van der Waals surface area contributed by atoms with Crippen LogP contribution in [-0.2, 0) is 0 Å². The van der Waals surface area contributed by atoms with Gasteiger partial charge in [0.2, 0.25) is 0 Å². The molecule has 1 heterocycles. The van der Waals surface area contributed by atoms with Crippen LogP contribution in [0, 0.1) is 13.8 Å². The Kier molecular flexibility index (Phi) is 3.00. The quantitative estimate of drug-likeness (QED) is 0.443. The van der Waals surface area contributed by atoms with E-state index in [1.165, 1.54) is 27.8 Å². The molecule has 108 valence electrons. The van der Waals surface area contributed by atoms with E-state index in [2.05, 4.69) is 74.5 Å². The van der Waals surface area contributed by atoms with Crippen LogP contribution >= 0.6 is 0 Å². The monoisotopic (exact) mass is 286 g/mol. The average molecular weight is 286 g/mol. The Labute approximate surface area is 131 Å². The first kappa shape index (κ1) is 13.1. The van der Waals surface area contributed by atoms with E-state index in [0.29, 0.717) is 0 Å². The Morgan fingerprint density at radius 2 is 1.36 bits per heavy atom. The van der Waals surface area contributed by atoms with Crippen LogP contribution in [0.1, 0.15) is 33.7 Å². The van der Waals surface area contributed by atoms with Gasteiger partial charge in [0, 0.05) is 17.0 Å². The molecule has 1 atom stereocenters. The Morgan fingerprint density at radius 3 is 2.18 bits per heavy atom. The summed E-state index contributed by atoms with van der Waals surface area (Å²) in [7, 11) is 0. The molecule has 0 bridgehead atoms. The van der Waals surface area contributed by atoms with Gasteiger partial charge in [-0.25, -0.2) is 0 Å². The van der Waals surface area contributed by atoms with Crippen molar-refractivity contribution in [2.24, 2.45) is 0 Å². The highest BCUT2D eigenvalue weighted by Crippen LogP contribution is 2.47. The summed E-state index contributed by atoms with van der Waals surface area (Å²) in [6.07, 6.45) is 0. The number of aryl methyl sites for hydroxylation is 2. The number of fused-ring (bicyclic) bond motifs is 2. The van der Waals surface area contributed by atoms with Crippen LogP contribution in [0.15, 0.2) is 66.7 Å². The second kappa shape index (κ2) is 5.03. The molecular weight excluding hydrogens is 268 g/mol. The highest BCUT2D eigenvalue weighted by atomic mass is 16.5. The Balaban J connectivity index is 1.96. The van der Waals surface area contributed by atoms with Crippen LogP contribution in [0.5, 0.6) is 11.5 Å². The molecule has 0 N–H and O–H groups in total. The van der Waals surface area contributed by atoms with E-state index in [1.807, 2.05) is 6.07 Å². The maximum Gasteiger partial charge on any atom is 0.131 e. The van der Waals surface area contributed by atoms with E-state index in [1.54, 1.807) is 0 Å². The van der Waals surface area contributed by atoms with Gasteiger partial charge in [0.25, 0.3) is 0 Å². The van der Waals surface area contributed by atoms with Gasteiger partial charge in [0.1, 0.15) is 11.5 Å². The number of para-hydroxylation sites is 1. The lowest BCUT2D eigenvalue weighted by molar-refractivity contribution is 0.452. The first-order valence-corrected chi connectivity index (χ1v) is 7.66. The molecular formula is C21H18O. The van der Waals surface area contributed by atoms with Crippen LogP contribution in [0.2, 0.25) is 0 Å². The molecule has 1 heteroatoms. The molecule has 1 unspecified atom stereocenters. The van der Waals surface area contributed by atoms with E-state index in [4.69, 9.17) is 4.74 Å². The Morgan fingerprint density at radius 1 is 0.682 bits per heavy atom. The van der Waals surface area contributed by atoms with Gasteiger partial charge in [-0.3, -0.25) is 0 Å². The fraction of sp³-hybridized carbons (Fsp3) is 0.143. The number of rotatable bonds is 1. The normalized spacial score (nSPS) is 15.6. The zero-order chi connectivity index (χ0) is 15.1. The molecule has 3 aromatic carbocycles. The molecule has 0 spiro atoms. The fourth-order valence-corrected chi connectivity index (χ4v) is 3.20. The minimum Gasteiger partial charge on any atom is -0.457 e. The smallest absolute Gasteiger partial charge is 0.131 e. The molecule has 0 amide bonds. The summed E-state index contributed by atoms with van der Waals surface area (Å²) in [6.45, 7) is 4.26. The van der Waals surface area contributed by atoms with Crippen molar-refractivity contribution in [2.45, 2.75) is 19.8 Å². The summed E-state index contributed by atoms with van der Waals surface area (Å²) in [4.78, 5) is 0. The minimum atomic E-state index is 0.237. The van der Waals surface area contributed by atoms with E-state index in [-0.39, 0.29) is 5.92 Å². The lowest BCUT2D eigenvalue weighted by Gasteiger charge is -2.29. The first-order valence-electron chi connectivity index (χ1n) is 7.66. The lowest BCUT2D eigenvalue weighted by atomic mass is 9.82. The highest BCUT2D eigenvalue weighted by molar-refractivity contribution is 5.58. The molecule has 22 heavy (non-hydrogen) atoms. The summed E-state index contributed by atoms with van der Waals surface area (Å²) in [6, 6.07) is 23.6. The maximum atomic E-state index is 6.11. The summed E-state index contributed by atoms with van der Waals surface area (Å²) in [5, 5.41) is 0. The third-order valence-corrected chi connectivity index (χ3v) is 4.34. The van der Waals surface area contributed by atoms with E-state index in [0.717, 1.165) is 11.5 Å². The van der Waals surface area contributed by atoms with Crippen molar-refractivity contribution in [3.63, 3.8) is 0 Å². The molecule has 3 aromatic rings. The van der Waals surface area contributed by atoms with Crippen LogP contribution in [0.4, 0.5) is 0 Å². The number of ether oxygens (including phenoxy) is 1. The van der Waals surface area contributed by atoms with Crippen molar-refractivity contribution in [1.82, 2.24) is 0 Å². The van der Waals surface area contributed by atoms with E-state index >= 15 is 0 Å². The highest BCUT2D eigenvalue weighted by Gasteiger charge is 2.28. The van der Waals surface area contributed by atoms with Gasteiger partial charge in [-0.05, 0) is 31.5 Å². The predicted octanol–water partition coefficient (Wildman–Crippen LogP) is 5.59. The van der Waals surface area contributed by atoms with Crippen LogP contribution in [0.25, 0.3) is 0 Å². The number of benzene rings is 3. The molecule has 1 aliphatic heterocycles. The van der Waals surface area contributed by atoms with Crippen LogP contribution in [0.3, 0.4) is 0 Å². The van der Waals surface area contributed by atoms with Gasteiger partial charge in [0.15, 0.2) is 0 Å². The maximum absolute atomic E-state index is 6.11. The Bertz CT molecular complexity index is 831. The van der Waals surface area contributed by atoms with Crippen molar-refractivity contribution in [3.8, 4) is 11.5 Å². The topological polar surface area (TPSA) is 9.23 Å². The van der Waals surface area contributed by atoms with Crippen molar-refractivity contribution in [3.05, 3.63) is 94.5 Å². The largest absolute Gasteiger partial charge is 0.457 e. The SMILES string of the molecule is Cc1ccc(C2c3ccccc3Oc3ccc(C)cc32)cc1. The molecule has 0 aliphatic carbocycles. The zero-order valence-corrected chi connectivity index (χ0v) is 12.8. The summed E-state index contributed by atoms with van der Waals surface area (Å²) >= 11 is 0. The number of hydrogen-bond donors (Lipinski definition) is 0. The molecule has 4 rings (SSSR count). The van der Waals surface area contributed by atoms with Crippen molar-refractivity contribution < 1.29 is 4.74 Å². The zero-order valence-electron chi connectivity index (χ0n) is 12.8. The second-order valence-electron chi connectivity index (χ2n) is 6.02. The van der Waals surface area contributed by atoms with Gasteiger partial charge >= 0.3 is 0 Å². The summed E-state index contributed by atoms with van der Waals surface area (Å²) in [5.74, 6) is 2.17. The average Bonchev–Trinajstić information content (AvgIpc) is 2.54. The van der Waals surface area contributed by atoms with Crippen LogP contribution < -0.4 is 4.74 Å². The van der Waals surface area contributed by atoms with Gasteiger partial charge in [-0.15, -0.1) is 0 Å². The van der Waals surface area contributed by atoms with Gasteiger partial charge in [-0.1, -0.05) is 65.7 Å². The molecule has 0 saturated carbocycles. The van der Waals surface area contributed by atoms with Crippen molar-refractivity contribution >= 4 is 0 Å². The molecule has 0 fully saturated rings. The molecule has 0 saturated heterocycles. The standard InChI is InChI=1S/C21H18O/c1-14-7-10-16(11-8-14)21-17-5-3-4-6-19(17)22-20-12-9-15(2)13-18(20)21/h3-13,21H,1-2H3. The second-order valence-corrected chi connectivity index (χ2v) is 6.02. The van der Waals surface area contributed by atoms with Gasteiger partial charge in [0.05, 0.1) is 0 Å². The van der Waals surface area contributed by atoms with Gasteiger partial charge < -0.3 is 4.74 Å². The molecule has 1 aliphatic rings. The molecule has 0 radical (unpaired) electrons. The molecule has 1 nitrogen and oxygen atoms in total. The summed E-state index contributed by atoms with van der Waals surface area (Å²) in [5.41, 5.74) is 6.35. The van der Waals surface area contributed by atoms with Crippen molar-refractivity contribution in [1.29, 1.82) is 0 Å². The third-order valence-electron chi connectivity index (χ3n) is 4.34. The first-order chi connectivity index (χ1) is 10.7. The minimum absolute atomic E-state index is 0.237. The lowest BCUT2D eigenvalue weighted by Crippen LogP contribution is -2.11.